The van der Waals surface area contributed by atoms with Crippen LogP contribution in [0.2, 0.25) is 0 Å². The summed E-state index contributed by atoms with van der Waals surface area (Å²) in [5, 5.41) is 16.9. The van der Waals surface area contributed by atoms with E-state index in [0.29, 0.717) is 0 Å². The largest absolute Gasteiger partial charge is 0.416 e. The SMILES string of the molecule is O=C(Cn1nnc(-c2cccc(C(F)(F)F)c2)n1)N/N=C\c1cccs1. The summed E-state index contributed by atoms with van der Waals surface area (Å²) in [5.74, 6) is -0.503. The number of nitrogens with zero attached hydrogens (tertiary/aromatic N) is 5. The van der Waals surface area contributed by atoms with Crippen molar-refractivity contribution in [2.75, 3.05) is 0 Å². The van der Waals surface area contributed by atoms with E-state index in [1.165, 1.54) is 29.7 Å². The molecule has 3 rings (SSSR count). The fourth-order valence-electron chi connectivity index (χ4n) is 1.96. The highest BCUT2D eigenvalue weighted by Gasteiger charge is 2.30. The highest BCUT2D eigenvalue weighted by molar-refractivity contribution is 7.11. The molecule has 0 aliphatic rings. The van der Waals surface area contributed by atoms with Crippen LogP contribution < -0.4 is 5.43 Å². The van der Waals surface area contributed by atoms with Crippen LogP contribution in [0.4, 0.5) is 13.2 Å². The van der Waals surface area contributed by atoms with E-state index in [1.807, 2.05) is 17.5 Å². The highest BCUT2D eigenvalue weighted by Crippen LogP contribution is 2.31. The number of carbonyl (C=O) groups excluding carboxylic acids is 1. The Morgan fingerprint density at radius 2 is 2.15 bits per heavy atom. The van der Waals surface area contributed by atoms with Gasteiger partial charge in [0, 0.05) is 10.4 Å². The fourth-order valence-corrected chi connectivity index (χ4v) is 2.54. The molecule has 0 spiro atoms. The zero-order chi connectivity index (χ0) is 18.6. The lowest BCUT2D eigenvalue weighted by Gasteiger charge is -2.06. The van der Waals surface area contributed by atoms with Gasteiger partial charge in [-0.25, -0.2) is 5.43 Å². The first kappa shape index (κ1) is 17.7. The van der Waals surface area contributed by atoms with Crippen LogP contribution in [0.25, 0.3) is 11.4 Å². The molecular formula is C15H11F3N6OS. The average Bonchev–Trinajstić information content (AvgIpc) is 3.26. The Morgan fingerprint density at radius 1 is 1.31 bits per heavy atom. The lowest BCUT2D eigenvalue weighted by molar-refractivity contribution is -0.137. The van der Waals surface area contributed by atoms with Gasteiger partial charge in [-0.05, 0) is 28.8 Å². The zero-order valence-electron chi connectivity index (χ0n) is 13.0. The maximum absolute atomic E-state index is 12.8. The summed E-state index contributed by atoms with van der Waals surface area (Å²) in [6.45, 7) is -0.270. The molecule has 0 aliphatic heterocycles. The van der Waals surface area contributed by atoms with Gasteiger partial charge in [0.05, 0.1) is 11.8 Å². The lowest BCUT2D eigenvalue weighted by Crippen LogP contribution is -2.24. The van der Waals surface area contributed by atoms with Gasteiger partial charge < -0.3 is 0 Å². The summed E-state index contributed by atoms with van der Waals surface area (Å²) in [5.41, 5.74) is 1.65. The van der Waals surface area contributed by atoms with Crippen LogP contribution in [0, 0.1) is 0 Å². The number of aromatic nitrogens is 4. The second-order valence-electron chi connectivity index (χ2n) is 5.03. The summed E-state index contributed by atoms with van der Waals surface area (Å²) < 4.78 is 38.3. The quantitative estimate of drug-likeness (QED) is 0.545. The number of rotatable bonds is 5. The summed E-state index contributed by atoms with van der Waals surface area (Å²) in [6.07, 6.45) is -2.97. The number of amides is 1. The molecule has 1 aromatic carbocycles. The standard InChI is InChI=1S/C15H11F3N6OS/c16-15(17,18)11-4-1-3-10(7-11)14-21-23-24(22-14)9-13(25)20-19-8-12-5-2-6-26-12/h1-8H,9H2,(H,20,25)/b19-8-. The van der Waals surface area contributed by atoms with Gasteiger partial charge in [0.1, 0.15) is 6.54 Å². The van der Waals surface area contributed by atoms with Crippen molar-refractivity contribution < 1.29 is 18.0 Å². The molecule has 1 amide bonds. The third-order valence-corrected chi connectivity index (χ3v) is 3.92. The first-order valence-corrected chi connectivity index (χ1v) is 8.10. The number of halogens is 3. The predicted octanol–water partition coefficient (Wildman–Crippen LogP) is 2.57. The van der Waals surface area contributed by atoms with Crippen molar-refractivity contribution in [3.8, 4) is 11.4 Å². The first-order chi connectivity index (χ1) is 12.4. The molecule has 0 radical (unpaired) electrons. The monoisotopic (exact) mass is 380 g/mol. The molecule has 2 heterocycles. The Balaban J connectivity index is 1.64. The van der Waals surface area contributed by atoms with Crippen molar-refractivity contribution in [3.63, 3.8) is 0 Å². The summed E-state index contributed by atoms with van der Waals surface area (Å²) in [7, 11) is 0. The molecule has 0 atom stereocenters. The van der Waals surface area contributed by atoms with Crippen molar-refractivity contribution in [2.45, 2.75) is 12.7 Å². The van der Waals surface area contributed by atoms with Crippen molar-refractivity contribution in [1.82, 2.24) is 25.6 Å². The second kappa shape index (κ2) is 7.44. The molecule has 134 valence electrons. The lowest BCUT2D eigenvalue weighted by atomic mass is 10.1. The molecule has 11 heteroatoms. The number of tetrazole rings is 1. The number of alkyl halides is 3. The summed E-state index contributed by atoms with van der Waals surface area (Å²) >= 11 is 1.46. The highest BCUT2D eigenvalue weighted by atomic mass is 32.1. The van der Waals surface area contributed by atoms with E-state index in [4.69, 9.17) is 0 Å². The van der Waals surface area contributed by atoms with Crippen molar-refractivity contribution in [3.05, 3.63) is 52.2 Å². The van der Waals surface area contributed by atoms with Crippen LogP contribution in [-0.4, -0.2) is 32.3 Å². The molecule has 7 nitrogen and oxygen atoms in total. The van der Waals surface area contributed by atoms with E-state index >= 15 is 0 Å². The summed E-state index contributed by atoms with van der Waals surface area (Å²) in [4.78, 5) is 13.6. The number of hydrazone groups is 1. The van der Waals surface area contributed by atoms with Gasteiger partial charge in [-0.1, -0.05) is 18.2 Å². The van der Waals surface area contributed by atoms with E-state index in [1.54, 1.807) is 0 Å². The maximum atomic E-state index is 12.8. The number of hydrogen-bond acceptors (Lipinski definition) is 6. The first-order valence-electron chi connectivity index (χ1n) is 7.23. The molecule has 0 unspecified atom stereocenters. The Labute approximate surface area is 149 Å². The van der Waals surface area contributed by atoms with Gasteiger partial charge in [0.25, 0.3) is 5.91 Å². The molecular weight excluding hydrogens is 369 g/mol. The Bertz CT molecular complexity index is 920. The third-order valence-electron chi connectivity index (χ3n) is 3.11. The van der Waals surface area contributed by atoms with Crippen LogP contribution in [-0.2, 0) is 17.5 Å². The predicted molar refractivity (Wildman–Crippen MR) is 88.3 cm³/mol. The van der Waals surface area contributed by atoms with Crippen molar-refractivity contribution in [2.24, 2.45) is 5.10 Å². The number of thiophene rings is 1. The van der Waals surface area contributed by atoms with E-state index in [9.17, 15) is 18.0 Å². The van der Waals surface area contributed by atoms with Crippen LogP contribution >= 0.6 is 11.3 Å². The minimum atomic E-state index is -4.47. The minimum absolute atomic E-state index is 0.00835. The number of carbonyl (C=O) groups is 1. The smallest absolute Gasteiger partial charge is 0.271 e. The number of hydrogen-bond donors (Lipinski definition) is 1. The molecule has 1 N–H and O–H groups in total. The van der Waals surface area contributed by atoms with E-state index in [0.717, 1.165) is 21.8 Å². The molecule has 0 bridgehead atoms. The van der Waals surface area contributed by atoms with Gasteiger partial charge in [-0.2, -0.15) is 23.1 Å². The van der Waals surface area contributed by atoms with E-state index in [-0.39, 0.29) is 17.9 Å². The number of nitrogens with one attached hydrogen (secondary N) is 1. The summed E-state index contributed by atoms with van der Waals surface area (Å²) in [6, 6.07) is 8.25. The molecule has 3 aromatic rings. The Hall–Kier alpha value is -3.08. The van der Waals surface area contributed by atoms with E-state index < -0.39 is 17.6 Å². The van der Waals surface area contributed by atoms with Gasteiger partial charge >= 0.3 is 6.18 Å². The van der Waals surface area contributed by atoms with Gasteiger partial charge in [-0.3, -0.25) is 4.79 Å². The number of benzene rings is 1. The van der Waals surface area contributed by atoms with Gasteiger partial charge in [0.2, 0.25) is 5.82 Å². The molecule has 0 fully saturated rings. The van der Waals surface area contributed by atoms with Crippen LogP contribution in [0.5, 0.6) is 0 Å². The second-order valence-corrected chi connectivity index (χ2v) is 6.01. The fraction of sp³-hybridized carbons (Fsp3) is 0.133. The minimum Gasteiger partial charge on any atom is -0.271 e. The molecule has 2 aromatic heterocycles. The molecule has 0 saturated carbocycles. The Kier molecular flexibility index (Phi) is 5.07. The topological polar surface area (TPSA) is 85.1 Å². The Morgan fingerprint density at radius 3 is 2.88 bits per heavy atom. The van der Waals surface area contributed by atoms with Crippen LogP contribution in [0.1, 0.15) is 10.4 Å². The molecule has 26 heavy (non-hydrogen) atoms. The molecule has 0 aliphatic carbocycles. The van der Waals surface area contributed by atoms with Gasteiger partial charge in [0.15, 0.2) is 0 Å². The molecule has 0 saturated heterocycles. The van der Waals surface area contributed by atoms with Gasteiger partial charge in [-0.15, -0.1) is 21.5 Å². The average molecular weight is 380 g/mol. The third kappa shape index (κ3) is 4.51. The van der Waals surface area contributed by atoms with E-state index in [2.05, 4.69) is 25.9 Å². The zero-order valence-corrected chi connectivity index (χ0v) is 13.8. The van der Waals surface area contributed by atoms with Crippen LogP contribution in [0.15, 0.2) is 46.9 Å². The normalized spacial score (nSPS) is 11.8. The maximum Gasteiger partial charge on any atom is 0.416 e. The van der Waals surface area contributed by atoms with Crippen LogP contribution in [0.3, 0.4) is 0 Å². The van der Waals surface area contributed by atoms with Crippen molar-refractivity contribution >= 4 is 23.5 Å². The van der Waals surface area contributed by atoms with Crippen molar-refractivity contribution in [1.29, 1.82) is 0 Å².